The molecule has 1 amide bonds. The number of anilines is 1. The van der Waals surface area contributed by atoms with Gasteiger partial charge in [0.25, 0.3) is 0 Å². The maximum atomic E-state index is 12.6. The van der Waals surface area contributed by atoms with Crippen LogP contribution in [0.5, 0.6) is 0 Å². The second-order valence-electron chi connectivity index (χ2n) is 5.42. The number of rotatable bonds is 6. The molecule has 0 unspecified atom stereocenters. The summed E-state index contributed by atoms with van der Waals surface area (Å²) >= 11 is 4.76. The van der Waals surface area contributed by atoms with Gasteiger partial charge in [-0.25, -0.2) is 4.68 Å². The molecule has 0 fully saturated rings. The predicted octanol–water partition coefficient (Wildman–Crippen LogP) is 3.57. The van der Waals surface area contributed by atoms with Crippen molar-refractivity contribution in [3.05, 3.63) is 59.1 Å². The van der Waals surface area contributed by atoms with Crippen molar-refractivity contribution >= 4 is 39.3 Å². The topological polar surface area (TPSA) is 77.0 Å². The molecular formula is C18H18BrN5OS. The van der Waals surface area contributed by atoms with Gasteiger partial charge in [0, 0.05) is 22.3 Å². The van der Waals surface area contributed by atoms with E-state index in [4.69, 9.17) is 5.84 Å². The summed E-state index contributed by atoms with van der Waals surface area (Å²) < 4.78 is 2.30. The van der Waals surface area contributed by atoms with E-state index in [0.717, 1.165) is 15.7 Å². The molecule has 0 spiro atoms. The van der Waals surface area contributed by atoms with Crippen molar-refractivity contribution in [2.75, 3.05) is 23.0 Å². The number of halogens is 1. The third kappa shape index (κ3) is 3.91. The second kappa shape index (κ2) is 8.37. The van der Waals surface area contributed by atoms with Crippen LogP contribution < -0.4 is 10.7 Å². The molecule has 1 aromatic heterocycles. The van der Waals surface area contributed by atoms with Crippen LogP contribution in [0.3, 0.4) is 0 Å². The SMILES string of the molecule is CCN(C(=O)CSc1nnc(-c2ccccc2Br)n1N)c1ccccc1. The lowest BCUT2D eigenvalue weighted by Crippen LogP contribution is -2.32. The van der Waals surface area contributed by atoms with Crippen molar-refractivity contribution in [3.63, 3.8) is 0 Å². The number of nitrogens with zero attached hydrogens (tertiary/aromatic N) is 4. The molecule has 0 saturated carbocycles. The number of benzene rings is 2. The Bertz CT molecular complexity index is 900. The van der Waals surface area contributed by atoms with E-state index >= 15 is 0 Å². The normalized spacial score (nSPS) is 10.7. The van der Waals surface area contributed by atoms with E-state index in [1.165, 1.54) is 16.4 Å². The lowest BCUT2D eigenvalue weighted by molar-refractivity contribution is -0.116. The highest BCUT2D eigenvalue weighted by atomic mass is 79.9. The number of hydrogen-bond donors (Lipinski definition) is 1. The van der Waals surface area contributed by atoms with Crippen LogP contribution in [0.2, 0.25) is 0 Å². The molecule has 3 aromatic rings. The van der Waals surface area contributed by atoms with Crippen molar-refractivity contribution in [2.24, 2.45) is 0 Å². The van der Waals surface area contributed by atoms with Gasteiger partial charge in [-0.2, -0.15) is 0 Å². The first-order chi connectivity index (χ1) is 12.6. The average molecular weight is 432 g/mol. The fraction of sp³-hybridized carbons (Fsp3) is 0.167. The monoisotopic (exact) mass is 431 g/mol. The van der Waals surface area contributed by atoms with Gasteiger partial charge < -0.3 is 10.7 Å². The van der Waals surface area contributed by atoms with Crippen LogP contribution in [0.25, 0.3) is 11.4 Å². The molecule has 3 rings (SSSR count). The third-order valence-electron chi connectivity index (χ3n) is 3.79. The van der Waals surface area contributed by atoms with E-state index in [-0.39, 0.29) is 11.7 Å². The fourth-order valence-corrected chi connectivity index (χ4v) is 3.71. The van der Waals surface area contributed by atoms with E-state index in [9.17, 15) is 4.79 Å². The summed E-state index contributed by atoms with van der Waals surface area (Å²) in [6.45, 7) is 2.55. The van der Waals surface area contributed by atoms with Gasteiger partial charge in [-0.3, -0.25) is 4.79 Å². The Morgan fingerprint density at radius 1 is 1.15 bits per heavy atom. The quantitative estimate of drug-likeness (QED) is 0.476. The molecule has 0 radical (unpaired) electrons. The zero-order valence-electron chi connectivity index (χ0n) is 14.2. The molecule has 1 heterocycles. The fourth-order valence-electron chi connectivity index (χ4n) is 2.52. The summed E-state index contributed by atoms with van der Waals surface area (Å²) in [4.78, 5) is 14.3. The molecule has 6 nitrogen and oxygen atoms in total. The number of aromatic nitrogens is 3. The number of para-hydroxylation sites is 1. The summed E-state index contributed by atoms with van der Waals surface area (Å²) in [6, 6.07) is 17.2. The van der Waals surface area contributed by atoms with Crippen LogP contribution in [0.15, 0.2) is 64.2 Å². The van der Waals surface area contributed by atoms with Crippen LogP contribution in [0.1, 0.15) is 6.92 Å². The number of carbonyl (C=O) groups is 1. The van der Waals surface area contributed by atoms with Crippen LogP contribution in [0.4, 0.5) is 5.69 Å². The minimum absolute atomic E-state index is 0.00542. The Kier molecular flexibility index (Phi) is 5.95. The van der Waals surface area contributed by atoms with Crippen LogP contribution in [-0.2, 0) is 4.79 Å². The minimum Gasteiger partial charge on any atom is -0.335 e. The average Bonchev–Trinajstić information content (AvgIpc) is 3.02. The highest BCUT2D eigenvalue weighted by Crippen LogP contribution is 2.28. The summed E-state index contributed by atoms with van der Waals surface area (Å²) in [5, 5.41) is 8.78. The van der Waals surface area contributed by atoms with Gasteiger partial charge in [-0.1, -0.05) is 58.0 Å². The first-order valence-electron chi connectivity index (χ1n) is 8.05. The highest BCUT2D eigenvalue weighted by molar-refractivity contribution is 9.10. The number of carbonyl (C=O) groups excluding carboxylic acids is 1. The molecule has 0 atom stereocenters. The number of thioether (sulfide) groups is 1. The van der Waals surface area contributed by atoms with Gasteiger partial charge in [0.1, 0.15) is 0 Å². The zero-order valence-corrected chi connectivity index (χ0v) is 16.6. The van der Waals surface area contributed by atoms with Crippen molar-refractivity contribution in [1.29, 1.82) is 0 Å². The smallest absolute Gasteiger partial charge is 0.237 e. The third-order valence-corrected chi connectivity index (χ3v) is 5.41. The molecule has 2 aromatic carbocycles. The number of hydrogen-bond acceptors (Lipinski definition) is 5. The van der Waals surface area contributed by atoms with Gasteiger partial charge in [-0.15, -0.1) is 10.2 Å². The van der Waals surface area contributed by atoms with Gasteiger partial charge in [0.05, 0.1) is 5.75 Å². The summed E-state index contributed by atoms with van der Waals surface area (Å²) in [7, 11) is 0. The van der Waals surface area contributed by atoms with E-state index in [1.807, 2.05) is 61.5 Å². The molecule has 8 heteroatoms. The van der Waals surface area contributed by atoms with Gasteiger partial charge in [-0.05, 0) is 31.2 Å². The predicted molar refractivity (Wildman–Crippen MR) is 109 cm³/mol. The van der Waals surface area contributed by atoms with Gasteiger partial charge >= 0.3 is 0 Å². The molecule has 0 aliphatic carbocycles. The largest absolute Gasteiger partial charge is 0.335 e. The van der Waals surface area contributed by atoms with Gasteiger partial charge in [0.2, 0.25) is 11.1 Å². The molecule has 134 valence electrons. The maximum Gasteiger partial charge on any atom is 0.237 e. The standard InChI is InChI=1S/C18H18BrN5OS/c1-2-23(13-8-4-3-5-9-13)16(25)12-26-18-22-21-17(24(18)20)14-10-6-7-11-15(14)19/h3-11H,2,12,20H2,1H3. The van der Waals surface area contributed by atoms with Crippen molar-refractivity contribution in [1.82, 2.24) is 14.9 Å². The van der Waals surface area contributed by atoms with Crippen LogP contribution in [-0.4, -0.2) is 33.1 Å². The van der Waals surface area contributed by atoms with E-state index in [2.05, 4.69) is 26.1 Å². The Morgan fingerprint density at radius 2 is 1.85 bits per heavy atom. The summed E-state index contributed by atoms with van der Waals surface area (Å²) in [5.41, 5.74) is 1.73. The Balaban J connectivity index is 1.72. The summed E-state index contributed by atoms with van der Waals surface area (Å²) in [5.74, 6) is 6.90. The first kappa shape index (κ1) is 18.5. The van der Waals surface area contributed by atoms with Crippen molar-refractivity contribution in [3.8, 4) is 11.4 Å². The maximum absolute atomic E-state index is 12.6. The number of nitrogens with two attached hydrogens (primary N) is 1. The Hall–Kier alpha value is -2.32. The number of nitrogen functional groups attached to an aromatic ring is 1. The minimum atomic E-state index is -0.00542. The van der Waals surface area contributed by atoms with Crippen LogP contribution in [0, 0.1) is 0 Å². The zero-order chi connectivity index (χ0) is 18.5. The molecule has 0 saturated heterocycles. The van der Waals surface area contributed by atoms with Crippen molar-refractivity contribution in [2.45, 2.75) is 12.1 Å². The van der Waals surface area contributed by atoms with E-state index in [1.54, 1.807) is 4.90 Å². The lowest BCUT2D eigenvalue weighted by Gasteiger charge is -2.20. The molecule has 2 N–H and O–H groups in total. The lowest BCUT2D eigenvalue weighted by atomic mass is 10.2. The molecule has 0 aliphatic rings. The highest BCUT2D eigenvalue weighted by Gasteiger charge is 2.18. The molecule has 0 bridgehead atoms. The summed E-state index contributed by atoms with van der Waals surface area (Å²) in [6.07, 6.45) is 0. The first-order valence-corrected chi connectivity index (χ1v) is 9.83. The van der Waals surface area contributed by atoms with Gasteiger partial charge in [0.15, 0.2) is 5.82 Å². The molecule has 26 heavy (non-hydrogen) atoms. The van der Waals surface area contributed by atoms with Crippen LogP contribution >= 0.6 is 27.7 Å². The number of amides is 1. The van der Waals surface area contributed by atoms with Crippen molar-refractivity contribution < 1.29 is 4.79 Å². The molecule has 0 aliphatic heterocycles. The second-order valence-corrected chi connectivity index (χ2v) is 7.22. The molecular weight excluding hydrogens is 414 g/mol. The Labute approximate surface area is 164 Å². The van der Waals surface area contributed by atoms with E-state index < -0.39 is 0 Å². The van der Waals surface area contributed by atoms with E-state index in [0.29, 0.717) is 17.5 Å². The Morgan fingerprint density at radius 3 is 2.54 bits per heavy atom.